The van der Waals surface area contributed by atoms with Crippen LogP contribution in [0.2, 0.25) is 0 Å². The summed E-state index contributed by atoms with van der Waals surface area (Å²) < 4.78 is 5.21. The number of nitrogens with zero attached hydrogens (tertiary/aromatic N) is 1. The van der Waals surface area contributed by atoms with Crippen molar-refractivity contribution in [3.63, 3.8) is 0 Å². The fraction of sp³-hybridized carbons (Fsp3) is 0.625. The normalized spacial score (nSPS) is 23.2. The molecule has 1 aliphatic carbocycles. The smallest absolute Gasteiger partial charge is 0.0589 e. The zero-order chi connectivity index (χ0) is 13.7. The molecule has 0 saturated carbocycles. The molecule has 19 heavy (non-hydrogen) atoms. The van der Waals surface area contributed by atoms with E-state index in [0.717, 1.165) is 13.2 Å². The molecule has 1 N–H and O–H groups in total. The number of methoxy groups -OCH3 is 1. The minimum Gasteiger partial charge on any atom is -0.383 e. The van der Waals surface area contributed by atoms with Crippen molar-refractivity contribution in [1.29, 1.82) is 0 Å². The molecule has 1 aliphatic rings. The quantitative estimate of drug-likeness (QED) is 0.824. The number of fused-ring (bicyclic) bond motifs is 1. The molecule has 2 atom stereocenters. The van der Waals surface area contributed by atoms with Crippen LogP contribution in [0.3, 0.4) is 0 Å². The average Bonchev–Trinajstić information content (AvgIpc) is 2.63. The fourth-order valence-corrected chi connectivity index (χ4v) is 3.16. The third-order valence-electron chi connectivity index (χ3n) is 4.25. The first kappa shape index (κ1) is 14.5. The second-order valence-electron chi connectivity index (χ2n) is 5.40. The molecule has 106 valence electrons. The van der Waals surface area contributed by atoms with Gasteiger partial charge in [0.25, 0.3) is 0 Å². The number of rotatable bonds is 5. The number of hydrogen-bond acceptors (Lipinski definition) is 3. The van der Waals surface area contributed by atoms with Gasteiger partial charge in [0.2, 0.25) is 0 Å². The van der Waals surface area contributed by atoms with Gasteiger partial charge in [-0.05, 0) is 44.5 Å². The average molecular weight is 262 g/mol. The minimum absolute atomic E-state index is 0.417. The van der Waals surface area contributed by atoms with E-state index >= 15 is 0 Å². The molecular weight excluding hydrogens is 236 g/mol. The number of hydrogen-bond donors (Lipinski definition) is 1. The van der Waals surface area contributed by atoms with Crippen LogP contribution < -0.4 is 5.32 Å². The van der Waals surface area contributed by atoms with Crippen molar-refractivity contribution in [2.75, 3.05) is 34.4 Å². The van der Waals surface area contributed by atoms with E-state index in [1.807, 2.05) is 0 Å². The highest BCUT2D eigenvalue weighted by atomic mass is 16.5. The van der Waals surface area contributed by atoms with Gasteiger partial charge in [-0.1, -0.05) is 24.3 Å². The summed E-state index contributed by atoms with van der Waals surface area (Å²) in [6.07, 6.45) is 3.69. The summed E-state index contributed by atoms with van der Waals surface area (Å²) in [5, 5.41) is 3.53. The van der Waals surface area contributed by atoms with Gasteiger partial charge in [-0.2, -0.15) is 0 Å². The van der Waals surface area contributed by atoms with Gasteiger partial charge >= 0.3 is 0 Å². The molecule has 1 aromatic carbocycles. The number of benzene rings is 1. The molecule has 2 unspecified atom stereocenters. The van der Waals surface area contributed by atoms with Gasteiger partial charge in [0, 0.05) is 25.7 Å². The zero-order valence-electron chi connectivity index (χ0n) is 12.4. The first-order valence-corrected chi connectivity index (χ1v) is 7.22. The zero-order valence-corrected chi connectivity index (χ0v) is 12.4. The van der Waals surface area contributed by atoms with Gasteiger partial charge in [-0.3, -0.25) is 4.90 Å². The van der Waals surface area contributed by atoms with E-state index in [-0.39, 0.29) is 0 Å². The lowest BCUT2D eigenvalue weighted by Gasteiger charge is -2.34. The molecule has 1 aromatic rings. The second kappa shape index (κ2) is 7.04. The van der Waals surface area contributed by atoms with Crippen LogP contribution in [-0.4, -0.2) is 45.3 Å². The number of likely N-dealkylation sites (N-methyl/N-ethyl adjacent to an activating group) is 2. The maximum atomic E-state index is 5.21. The largest absolute Gasteiger partial charge is 0.383 e. The standard InChI is InChI=1S/C16H26N2O/c1-17-16-14-9-5-4-7-13(14)8-6-10-15(16)18(2)11-12-19-3/h4-5,7,9,15-17H,6,8,10-12H2,1-3H3. The summed E-state index contributed by atoms with van der Waals surface area (Å²) >= 11 is 0. The van der Waals surface area contributed by atoms with Crippen molar-refractivity contribution in [1.82, 2.24) is 10.2 Å². The Morgan fingerprint density at radius 2 is 2.16 bits per heavy atom. The van der Waals surface area contributed by atoms with Crippen molar-refractivity contribution in [2.45, 2.75) is 31.3 Å². The van der Waals surface area contributed by atoms with E-state index in [1.54, 1.807) is 7.11 Å². The SMILES string of the molecule is CNC1c2ccccc2CCCC1N(C)CCOC. The van der Waals surface area contributed by atoms with E-state index in [2.05, 4.69) is 48.6 Å². The molecule has 0 heterocycles. The lowest BCUT2D eigenvalue weighted by Crippen LogP contribution is -2.42. The molecule has 0 aliphatic heterocycles. The third kappa shape index (κ3) is 3.35. The maximum Gasteiger partial charge on any atom is 0.0589 e. The highest BCUT2D eigenvalue weighted by molar-refractivity contribution is 5.32. The monoisotopic (exact) mass is 262 g/mol. The van der Waals surface area contributed by atoms with Crippen molar-refractivity contribution < 1.29 is 4.74 Å². The van der Waals surface area contributed by atoms with Gasteiger partial charge in [0.1, 0.15) is 0 Å². The second-order valence-corrected chi connectivity index (χ2v) is 5.40. The molecule has 0 spiro atoms. The molecule has 0 amide bonds. The van der Waals surface area contributed by atoms with Crippen LogP contribution in [0, 0.1) is 0 Å². The van der Waals surface area contributed by atoms with Crippen LogP contribution >= 0.6 is 0 Å². The minimum atomic E-state index is 0.417. The molecular formula is C16H26N2O. The number of ether oxygens (including phenoxy) is 1. The summed E-state index contributed by atoms with van der Waals surface area (Å²) in [6.45, 7) is 1.78. The fourth-order valence-electron chi connectivity index (χ4n) is 3.16. The first-order valence-electron chi connectivity index (χ1n) is 7.22. The first-order chi connectivity index (χ1) is 9.27. The third-order valence-corrected chi connectivity index (χ3v) is 4.25. The topological polar surface area (TPSA) is 24.5 Å². The van der Waals surface area contributed by atoms with Crippen LogP contribution in [0.4, 0.5) is 0 Å². The van der Waals surface area contributed by atoms with Crippen LogP contribution in [0.5, 0.6) is 0 Å². The Morgan fingerprint density at radius 1 is 1.37 bits per heavy atom. The summed E-state index contributed by atoms with van der Waals surface area (Å²) in [6, 6.07) is 9.82. The van der Waals surface area contributed by atoms with E-state index in [4.69, 9.17) is 4.74 Å². The lowest BCUT2D eigenvalue weighted by atomic mass is 9.95. The highest BCUT2D eigenvalue weighted by Gasteiger charge is 2.28. The van der Waals surface area contributed by atoms with E-state index in [9.17, 15) is 0 Å². The molecule has 3 heteroatoms. The van der Waals surface area contributed by atoms with Crippen molar-refractivity contribution >= 4 is 0 Å². The summed E-state index contributed by atoms with van der Waals surface area (Å²) in [5.41, 5.74) is 2.97. The Balaban J connectivity index is 2.20. The summed E-state index contributed by atoms with van der Waals surface area (Å²) in [7, 11) is 6.05. The number of aryl methyl sites for hydroxylation is 1. The Labute approximate surface area is 116 Å². The van der Waals surface area contributed by atoms with Crippen LogP contribution in [-0.2, 0) is 11.2 Å². The van der Waals surface area contributed by atoms with Crippen LogP contribution in [0.15, 0.2) is 24.3 Å². The summed E-state index contributed by atoms with van der Waals surface area (Å²) in [4.78, 5) is 2.44. The van der Waals surface area contributed by atoms with Gasteiger partial charge in [0.05, 0.1) is 6.61 Å². The van der Waals surface area contributed by atoms with E-state index in [0.29, 0.717) is 12.1 Å². The van der Waals surface area contributed by atoms with E-state index in [1.165, 1.54) is 30.4 Å². The maximum absolute atomic E-state index is 5.21. The van der Waals surface area contributed by atoms with Crippen LogP contribution in [0.1, 0.15) is 30.0 Å². The Hall–Kier alpha value is -0.900. The van der Waals surface area contributed by atoms with E-state index < -0.39 is 0 Å². The van der Waals surface area contributed by atoms with Crippen molar-refractivity contribution in [3.8, 4) is 0 Å². The lowest BCUT2D eigenvalue weighted by molar-refractivity contribution is 0.120. The Bertz CT molecular complexity index is 394. The van der Waals surface area contributed by atoms with Crippen molar-refractivity contribution in [2.24, 2.45) is 0 Å². The van der Waals surface area contributed by atoms with Gasteiger partial charge < -0.3 is 10.1 Å². The molecule has 3 nitrogen and oxygen atoms in total. The molecule has 0 fully saturated rings. The number of nitrogens with one attached hydrogen (secondary N) is 1. The van der Waals surface area contributed by atoms with Gasteiger partial charge in [-0.25, -0.2) is 0 Å². The molecule has 0 bridgehead atoms. The van der Waals surface area contributed by atoms with Crippen LogP contribution in [0.25, 0.3) is 0 Å². The molecule has 0 saturated heterocycles. The van der Waals surface area contributed by atoms with Gasteiger partial charge in [0.15, 0.2) is 0 Å². The van der Waals surface area contributed by atoms with Gasteiger partial charge in [-0.15, -0.1) is 0 Å². The molecule has 2 rings (SSSR count). The predicted octanol–water partition coefficient (Wildman–Crippen LogP) is 2.23. The molecule has 0 aromatic heterocycles. The Morgan fingerprint density at radius 3 is 2.89 bits per heavy atom. The molecule has 0 radical (unpaired) electrons. The highest BCUT2D eigenvalue weighted by Crippen LogP contribution is 2.31. The Kier molecular flexibility index (Phi) is 5.37. The summed E-state index contributed by atoms with van der Waals surface area (Å²) in [5.74, 6) is 0. The predicted molar refractivity (Wildman–Crippen MR) is 79.5 cm³/mol. The van der Waals surface area contributed by atoms with Crippen molar-refractivity contribution in [3.05, 3.63) is 35.4 Å².